The molecule has 2 rings (SSSR count). The van der Waals surface area contributed by atoms with Gasteiger partial charge in [-0.05, 0) is 37.1 Å². The van der Waals surface area contributed by atoms with Crippen molar-refractivity contribution in [3.63, 3.8) is 0 Å². The number of rotatable bonds is 15. The van der Waals surface area contributed by atoms with E-state index < -0.39 is 0 Å². The van der Waals surface area contributed by atoms with E-state index in [1.807, 2.05) is 24.6 Å². The molecular formula is C24H32Br2N4O4. The highest BCUT2D eigenvalue weighted by Crippen LogP contribution is 2.34. The van der Waals surface area contributed by atoms with Crippen molar-refractivity contribution in [3.8, 4) is 23.0 Å². The highest BCUT2D eigenvalue weighted by atomic mass is 79.9. The number of aromatic hydroxyl groups is 2. The molecule has 4 N–H and O–H groups in total. The van der Waals surface area contributed by atoms with Crippen LogP contribution in [0.5, 0.6) is 23.0 Å². The Morgan fingerprint density at radius 2 is 1.15 bits per heavy atom. The number of aliphatic imine (C=N–C) groups is 2. The van der Waals surface area contributed by atoms with Crippen LogP contribution in [0.3, 0.4) is 0 Å². The summed E-state index contributed by atoms with van der Waals surface area (Å²) in [5, 5.41) is 27.0. The lowest BCUT2D eigenvalue weighted by molar-refractivity contribution is 0.370. The highest BCUT2D eigenvalue weighted by Gasteiger charge is 2.09. The van der Waals surface area contributed by atoms with Crippen LogP contribution in [0.25, 0.3) is 0 Å². The van der Waals surface area contributed by atoms with Gasteiger partial charge in [0, 0.05) is 58.7 Å². The largest absolute Gasteiger partial charge is 0.504 e. The second-order valence-electron chi connectivity index (χ2n) is 7.36. The maximum absolute atomic E-state index is 10.1. The van der Waals surface area contributed by atoms with Crippen molar-refractivity contribution in [1.29, 1.82) is 0 Å². The van der Waals surface area contributed by atoms with Gasteiger partial charge in [0.15, 0.2) is 23.0 Å². The van der Waals surface area contributed by atoms with Crippen molar-refractivity contribution in [3.05, 3.63) is 44.3 Å². The second kappa shape index (κ2) is 15.7. The van der Waals surface area contributed by atoms with Crippen molar-refractivity contribution in [2.45, 2.75) is 25.9 Å². The van der Waals surface area contributed by atoms with Gasteiger partial charge >= 0.3 is 0 Å². The van der Waals surface area contributed by atoms with Gasteiger partial charge in [-0.25, -0.2) is 0 Å². The summed E-state index contributed by atoms with van der Waals surface area (Å²) in [6, 6.07) is 7.12. The maximum Gasteiger partial charge on any atom is 0.162 e. The van der Waals surface area contributed by atoms with Crippen LogP contribution in [0.1, 0.15) is 24.0 Å². The van der Waals surface area contributed by atoms with Gasteiger partial charge in [-0.3, -0.25) is 9.98 Å². The van der Waals surface area contributed by atoms with E-state index in [9.17, 15) is 10.2 Å². The van der Waals surface area contributed by atoms with Gasteiger partial charge in [0.05, 0.1) is 27.3 Å². The van der Waals surface area contributed by atoms with Crippen molar-refractivity contribution >= 4 is 44.3 Å². The number of nitrogens with one attached hydrogen (secondary N) is 2. The third-order valence-corrected chi connectivity index (χ3v) is 5.75. The Morgan fingerprint density at radius 1 is 0.735 bits per heavy atom. The van der Waals surface area contributed by atoms with Crippen LogP contribution in [0, 0.1) is 0 Å². The zero-order valence-corrected chi connectivity index (χ0v) is 22.7. The zero-order chi connectivity index (χ0) is 24.8. The van der Waals surface area contributed by atoms with Gasteiger partial charge < -0.3 is 30.3 Å². The highest BCUT2D eigenvalue weighted by molar-refractivity contribution is 9.10. The Morgan fingerprint density at radius 3 is 1.53 bits per heavy atom. The Labute approximate surface area is 217 Å². The number of ether oxygens (including phenoxy) is 2. The fraction of sp³-hybridized carbons (Fsp3) is 0.417. The number of hydrogen-bond acceptors (Lipinski definition) is 8. The topological polar surface area (TPSA) is 108 Å². The number of benzene rings is 2. The summed E-state index contributed by atoms with van der Waals surface area (Å²) in [6.07, 6.45) is 5.35. The summed E-state index contributed by atoms with van der Waals surface area (Å²) in [7, 11) is 3.05. The molecule has 2 aromatic rings. The van der Waals surface area contributed by atoms with Crippen molar-refractivity contribution in [2.24, 2.45) is 9.98 Å². The number of methoxy groups -OCH3 is 2. The Balaban J connectivity index is 1.52. The number of nitrogens with zero attached hydrogens (tertiary/aromatic N) is 2. The van der Waals surface area contributed by atoms with Crippen LogP contribution in [-0.4, -0.2) is 63.0 Å². The van der Waals surface area contributed by atoms with E-state index in [4.69, 9.17) is 9.47 Å². The van der Waals surface area contributed by atoms with Crippen molar-refractivity contribution in [2.75, 3.05) is 40.4 Å². The van der Waals surface area contributed by atoms with E-state index in [2.05, 4.69) is 52.5 Å². The molecule has 0 atom stereocenters. The van der Waals surface area contributed by atoms with Crippen LogP contribution in [0.4, 0.5) is 0 Å². The molecule has 0 aliphatic rings. The number of phenolic OH excluding ortho intramolecular Hbond substituents is 2. The maximum atomic E-state index is 10.1. The molecule has 2 aromatic carbocycles. The molecular weight excluding hydrogens is 568 g/mol. The van der Waals surface area contributed by atoms with E-state index in [-0.39, 0.29) is 11.5 Å². The first kappa shape index (κ1) is 28.1. The van der Waals surface area contributed by atoms with Gasteiger partial charge in [0.2, 0.25) is 0 Å². The summed E-state index contributed by atoms with van der Waals surface area (Å²) in [6.45, 7) is 4.19. The van der Waals surface area contributed by atoms with E-state index in [0.29, 0.717) is 24.6 Å². The molecule has 0 amide bonds. The van der Waals surface area contributed by atoms with Gasteiger partial charge in [0.1, 0.15) is 0 Å². The standard InChI is InChI=1S/C24H32Br2N4O4/c1-33-21-13-19(25)11-17(23(21)31)15-29-7-3-5-27-9-10-28-6-4-8-30-16-18-12-20(26)14-22(34-2)24(18)32/h7-8,11-14,27-28,31-32H,3-6,9-10,15-16H2,1-2H3. The summed E-state index contributed by atoms with van der Waals surface area (Å²) in [5.41, 5.74) is 1.44. The Kier molecular flexibility index (Phi) is 13.0. The molecule has 0 aromatic heterocycles. The van der Waals surface area contributed by atoms with Crippen LogP contribution in [0.15, 0.2) is 43.2 Å². The van der Waals surface area contributed by atoms with Gasteiger partial charge in [-0.2, -0.15) is 0 Å². The third kappa shape index (κ3) is 9.61. The molecule has 0 spiro atoms. The average molecular weight is 600 g/mol. The Hall–Kier alpha value is -2.14. The summed E-state index contributed by atoms with van der Waals surface area (Å²) < 4.78 is 12.0. The van der Waals surface area contributed by atoms with Crippen LogP contribution in [0.2, 0.25) is 0 Å². The average Bonchev–Trinajstić information content (AvgIpc) is 2.82. The first-order valence-electron chi connectivity index (χ1n) is 10.9. The molecule has 0 unspecified atom stereocenters. The number of halogens is 2. The normalized spacial score (nSPS) is 11.5. The van der Waals surface area contributed by atoms with E-state index in [1.54, 1.807) is 12.1 Å². The lowest BCUT2D eigenvalue weighted by Crippen LogP contribution is -2.28. The first-order chi connectivity index (χ1) is 16.5. The van der Waals surface area contributed by atoms with Crippen molar-refractivity contribution < 1.29 is 19.7 Å². The number of phenols is 2. The first-order valence-corrected chi connectivity index (χ1v) is 12.5. The van der Waals surface area contributed by atoms with E-state index >= 15 is 0 Å². The minimum atomic E-state index is 0.128. The molecule has 186 valence electrons. The minimum Gasteiger partial charge on any atom is -0.504 e. The quantitative estimate of drug-likeness (QED) is 0.178. The third-order valence-electron chi connectivity index (χ3n) is 4.84. The molecule has 34 heavy (non-hydrogen) atoms. The summed E-state index contributed by atoms with van der Waals surface area (Å²) in [4.78, 5) is 8.76. The molecule has 0 saturated carbocycles. The Bertz CT molecular complexity index is 893. The molecule has 8 nitrogen and oxygen atoms in total. The second-order valence-corrected chi connectivity index (χ2v) is 9.19. The van der Waals surface area contributed by atoms with Crippen LogP contribution < -0.4 is 20.1 Å². The predicted octanol–water partition coefficient (Wildman–Crippen LogP) is 4.44. The molecule has 0 bridgehead atoms. The minimum absolute atomic E-state index is 0.128. The van der Waals surface area contributed by atoms with Crippen LogP contribution >= 0.6 is 31.9 Å². The molecule has 0 heterocycles. The lowest BCUT2D eigenvalue weighted by atomic mass is 10.2. The lowest BCUT2D eigenvalue weighted by Gasteiger charge is -2.08. The fourth-order valence-corrected chi connectivity index (χ4v) is 4.05. The smallest absolute Gasteiger partial charge is 0.162 e. The number of hydrogen-bond donors (Lipinski definition) is 4. The molecule has 0 fully saturated rings. The molecule has 10 heteroatoms. The predicted molar refractivity (Wildman–Crippen MR) is 144 cm³/mol. The van der Waals surface area contributed by atoms with Gasteiger partial charge in [-0.1, -0.05) is 31.9 Å². The van der Waals surface area contributed by atoms with Gasteiger partial charge in [-0.15, -0.1) is 0 Å². The molecule has 0 radical (unpaired) electrons. The molecule has 0 aliphatic carbocycles. The fourth-order valence-electron chi connectivity index (χ4n) is 3.08. The summed E-state index contributed by atoms with van der Waals surface area (Å²) >= 11 is 6.82. The van der Waals surface area contributed by atoms with Crippen LogP contribution in [-0.2, 0) is 13.1 Å². The zero-order valence-electron chi connectivity index (χ0n) is 19.5. The van der Waals surface area contributed by atoms with Crippen molar-refractivity contribution in [1.82, 2.24) is 10.6 Å². The van der Waals surface area contributed by atoms with E-state index in [0.717, 1.165) is 59.1 Å². The van der Waals surface area contributed by atoms with E-state index in [1.165, 1.54) is 14.2 Å². The van der Waals surface area contributed by atoms with Gasteiger partial charge in [0.25, 0.3) is 0 Å². The summed E-state index contributed by atoms with van der Waals surface area (Å²) in [5.74, 6) is 1.13. The SMILES string of the molecule is COc1cc(Br)cc(CN=CCCNCCNCCC=NCc2cc(Br)cc(OC)c2O)c1O. The molecule has 0 saturated heterocycles. The monoisotopic (exact) mass is 598 g/mol. The molecule has 0 aliphatic heterocycles.